The van der Waals surface area contributed by atoms with E-state index in [1.165, 1.54) is 6.07 Å². The van der Waals surface area contributed by atoms with Gasteiger partial charge in [0.25, 0.3) is 0 Å². The van der Waals surface area contributed by atoms with Gasteiger partial charge in [0, 0.05) is 6.07 Å². The van der Waals surface area contributed by atoms with Crippen LogP contribution in [0.1, 0.15) is 11.1 Å². The van der Waals surface area contributed by atoms with Gasteiger partial charge in [0.05, 0.1) is 0 Å². The Balaban J connectivity index is 2.25. The van der Waals surface area contributed by atoms with Crippen molar-refractivity contribution >= 4 is 0 Å². The van der Waals surface area contributed by atoms with Gasteiger partial charge in [-0.2, -0.15) is 17.6 Å². The largest absolute Gasteiger partial charge is 0.505 e. The fourth-order valence-electron chi connectivity index (χ4n) is 1.89. The molecule has 0 spiro atoms. The average Bonchev–Trinajstić information content (AvgIpc) is 2.41. The van der Waals surface area contributed by atoms with Gasteiger partial charge in [-0.3, -0.25) is 0 Å². The van der Waals surface area contributed by atoms with Crippen molar-refractivity contribution in [1.29, 1.82) is 0 Å². The van der Waals surface area contributed by atoms with E-state index in [4.69, 9.17) is 0 Å². The van der Waals surface area contributed by atoms with Crippen molar-refractivity contribution in [2.45, 2.75) is 19.0 Å². The second-order valence-electron chi connectivity index (χ2n) is 4.72. The van der Waals surface area contributed by atoms with Crippen LogP contribution in [0.5, 0.6) is 11.5 Å². The lowest BCUT2D eigenvalue weighted by molar-refractivity contribution is -0.253. The van der Waals surface area contributed by atoms with E-state index in [0.29, 0.717) is 11.6 Å². The Bertz CT molecular complexity index is 702. The van der Waals surface area contributed by atoms with Gasteiger partial charge in [0.1, 0.15) is 11.6 Å². The van der Waals surface area contributed by atoms with Crippen LogP contribution in [0.3, 0.4) is 0 Å². The lowest BCUT2D eigenvalue weighted by Gasteiger charge is -2.17. The summed E-state index contributed by atoms with van der Waals surface area (Å²) in [6.45, 7) is 0. The third-order valence-corrected chi connectivity index (χ3v) is 2.86. The fraction of sp³-hybridized carbons (Fsp3) is 0.200. The van der Waals surface area contributed by atoms with E-state index in [2.05, 4.69) is 4.74 Å². The molecule has 0 saturated heterocycles. The quantitative estimate of drug-likeness (QED) is 0.815. The van der Waals surface area contributed by atoms with Crippen LogP contribution in [-0.2, 0) is 6.42 Å². The molecule has 0 unspecified atom stereocenters. The Morgan fingerprint density at radius 3 is 2.30 bits per heavy atom. The summed E-state index contributed by atoms with van der Waals surface area (Å²) in [5, 5.41) is 9.24. The van der Waals surface area contributed by atoms with E-state index in [9.17, 15) is 31.4 Å². The SMILES string of the molecule is Oc1cc(Cc2cc(F)cc(OC(F)(F)C(F)F)c2)ccc1F. The summed E-state index contributed by atoms with van der Waals surface area (Å²) in [5.74, 6) is -3.21. The molecular formula is C15H10F6O2. The van der Waals surface area contributed by atoms with Gasteiger partial charge in [-0.1, -0.05) is 6.07 Å². The highest BCUT2D eigenvalue weighted by Crippen LogP contribution is 2.29. The molecule has 0 aliphatic rings. The molecule has 0 saturated carbocycles. The number of phenolic OH excluding ortho intramolecular Hbond substituents is 1. The first-order chi connectivity index (χ1) is 10.7. The van der Waals surface area contributed by atoms with Gasteiger partial charge >= 0.3 is 12.5 Å². The number of alkyl halides is 4. The topological polar surface area (TPSA) is 29.5 Å². The van der Waals surface area contributed by atoms with Crippen molar-refractivity contribution in [3.05, 3.63) is 59.2 Å². The van der Waals surface area contributed by atoms with Crippen LogP contribution >= 0.6 is 0 Å². The number of halogens is 6. The number of rotatable bonds is 5. The Hall–Kier alpha value is -2.38. The van der Waals surface area contributed by atoms with Crippen LogP contribution in [0.2, 0.25) is 0 Å². The predicted octanol–water partition coefficient (Wildman–Crippen LogP) is 4.50. The molecule has 2 aromatic rings. The molecule has 2 aromatic carbocycles. The van der Waals surface area contributed by atoms with Crippen LogP contribution in [0.25, 0.3) is 0 Å². The molecular weight excluding hydrogens is 326 g/mol. The summed E-state index contributed by atoms with van der Waals surface area (Å²) in [5.41, 5.74) is 0.483. The fourth-order valence-corrected chi connectivity index (χ4v) is 1.89. The minimum absolute atomic E-state index is 0.0534. The van der Waals surface area contributed by atoms with Gasteiger partial charge < -0.3 is 9.84 Å². The smallest absolute Gasteiger partial charge is 0.461 e. The number of aromatic hydroxyl groups is 1. The average molecular weight is 336 g/mol. The summed E-state index contributed by atoms with van der Waals surface area (Å²) in [6, 6.07) is 5.84. The molecule has 0 radical (unpaired) electrons. The zero-order chi connectivity index (χ0) is 17.2. The van der Waals surface area contributed by atoms with Crippen molar-refractivity contribution < 1.29 is 36.2 Å². The van der Waals surface area contributed by atoms with Crippen LogP contribution < -0.4 is 4.74 Å². The molecule has 0 fully saturated rings. The second-order valence-corrected chi connectivity index (χ2v) is 4.72. The molecule has 2 nitrogen and oxygen atoms in total. The standard InChI is InChI=1S/C15H10F6O2/c16-10-4-9(3-8-1-2-12(17)13(22)6-8)5-11(7-10)23-15(20,21)14(18)19/h1-2,4-7,14,22H,3H2. The summed E-state index contributed by atoms with van der Waals surface area (Å²) >= 11 is 0. The van der Waals surface area contributed by atoms with Crippen molar-refractivity contribution in [1.82, 2.24) is 0 Å². The molecule has 2 rings (SSSR count). The highest BCUT2D eigenvalue weighted by Gasteiger charge is 2.44. The molecule has 0 amide bonds. The zero-order valence-electron chi connectivity index (χ0n) is 11.4. The Kier molecular flexibility index (Phi) is 4.72. The first-order valence-corrected chi connectivity index (χ1v) is 6.29. The highest BCUT2D eigenvalue weighted by molar-refractivity contribution is 5.36. The van der Waals surface area contributed by atoms with Gasteiger partial charge in [0.2, 0.25) is 0 Å². The van der Waals surface area contributed by atoms with Crippen LogP contribution in [0.4, 0.5) is 26.3 Å². The first kappa shape index (κ1) is 17.0. The maximum absolute atomic E-state index is 13.4. The Morgan fingerprint density at radius 1 is 1.00 bits per heavy atom. The maximum atomic E-state index is 13.4. The molecule has 0 aromatic heterocycles. The van der Waals surface area contributed by atoms with E-state index in [1.54, 1.807) is 0 Å². The number of benzene rings is 2. The van der Waals surface area contributed by atoms with E-state index >= 15 is 0 Å². The molecule has 0 aliphatic carbocycles. The number of hydrogen-bond donors (Lipinski definition) is 1. The highest BCUT2D eigenvalue weighted by atomic mass is 19.3. The summed E-state index contributed by atoms with van der Waals surface area (Å²) < 4.78 is 80.1. The number of phenols is 1. The van der Waals surface area contributed by atoms with Crippen molar-refractivity contribution in [2.24, 2.45) is 0 Å². The zero-order valence-corrected chi connectivity index (χ0v) is 11.4. The predicted molar refractivity (Wildman–Crippen MR) is 68.8 cm³/mol. The normalized spacial score (nSPS) is 11.8. The lowest BCUT2D eigenvalue weighted by Crippen LogP contribution is -2.33. The minimum Gasteiger partial charge on any atom is -0.505 e. The third-order valence-electron chi connectivity index (χ3n) is 2.86. The Labute approximate surface area is 126 Å². The van der Waals surface area contributed by atoms with Crippen molar-refractivity contribution in [3.8, 4) is 11.5 Å². The summed E-state index contributed by atoms with van der Waals surface area (Å²) in [6.07, 6.45) is -8.87. The van der Waals surface area contributed by atoms with E-state index in [-0.39, 0.29) is 12.0 Å². The molecule has 8 heteroatoms. The van der Waals surface area contributed by atoms with Gasteiger partial charge in [0.15, 0.2) is 11.6 Å². The monoisotopic (exact) mass is 336 g/mol. The summed E-state index contributed by atoms with van der Waals surface area (Å²) in [7, 11) is 0. The van der Waals surface area contributed by atoms with Gasteiger partial charge in [-0.15, -0.1) is 0 Å². The number of hydrogen-bond acceptors (Lipinski definition) is 2. The molecule has 0 aliphatic heterocycles. The maximum Gasteiger partial charge on any atom is 0.461 e. The van der Waals surface area contributed by atoms with Crippen LogP contribution in [-0.4, -0.2) is 17.6 Å². The van der Waals surface area contributed by atoms with Crippen LogP contribution in [0.15, 0.2) is 36.4 Å². The van der Waals surface area contributed by atoms with Crippen LogP contribution in [0, 0.1) is 11.6 Å². The first-order valence-electron chi connectivity index (χ1n) is 6.29. The molecule has 0 atom stereocenters. The summed E-state index contributed by atoms with van der Waals surface area (Å²) in [4.78, 5) is 0. The molecule has 1 N–H and O–H groups in total. The third kappa shape index (κ3) is 4.30. The van der Waals surface area contributed by atoms with E-state index in [1.807, 2.05) is 0 Å². The minimum atomic E-state index is -4.75. The van der Waals surface area contributed by atoms with E-state index in [0.717, 1.165) is 24.3 Å². The van der Waals surface area contributed by atoms with Gasteiger partial charge in [-0.05, 0) is 41.8 Å². The number of ether oxygens (including phenoxy) is 1. The lowest BCUT2D eigenvalue weighted by atomic mass is 10.0. The molecule has 23 heavy (non-hydrogen) atoms. The van der Waals surface area contributed by atoms with E-state index < -0.39 is 35.7 Å². The molecule has 0 bridgehead atoms. The molecule has 124 valence electrons. The second kappa shape index (κ2) is 6.39. The Morgan fingerprint density at radius 2 is 1.70 bits per heavy atom. The van der Waals surface area contributed by atoms with Gasteiger partial charge in [-0.25, -0.2) is 8.78 Å². The molecule has 0 heterocycles. The van der Waals surface area contributed by atoms with Crippen molar-refractivity contribution in [2.75, 3.05) is 0 Å². The van der Waals surface area contributed by atoms with Crippen molar-refractivity contribution in [3.63, 3.8) is 0 Å².